The van der Waals surface area contributed by atoms with Crippen molar-refractivity contribution in [2.24, 2.45) is 0 Å². The van der Waals surface area contributed by atoms with E-state index in [4.69, 9.17) is 71.7 Å². The topological polar surface area (TPSA) is 61.6 Å². The van der Waals surface area contributed by atoms with E-state index in [-0.39, 0.29) is 69.4 Å². The van der Waals surface area contributed by atoms with Crippen LogP contribution in [0, 0.1) is 6.57 Å². The van der Waals surface area contributed by atoms with Gasteiger partial charge in [0.05, 0.1) is 47.1 Å². The molecule has 1 unspecified atom stereocenters. The zero-order valence-corrected chi connectivity index (χ0v) is 33.3. The summed E-state index contributed by atoms with van der Waals surface area (Å²) in [5.74, 6) is 1.02. The van der Waals surface area contributed by atoms with Crippen LogP contribution in [0.1, 0.15) is 60.3 Å². The number of rotatable bonds is 17. The van der Waals surface area contributed by atoms with Gasteiger partial charge >= 0.3 is 0 Å². The molecule has 0 amide bonds. The average molecular weight is 791 g/mol. The molecule has 0 aliphatic heterocycles. The van der Waals surface area contributed by atoms with Crippen molar-refractivity contribution >= 4 is 60.5 Å². The van der Waals surface area contributed by atoms with Crippen molar-refractivity contribution in [2.45, 2.75) is 52.0 Å². The zero-order valence-electron chi connectivity index (χ0n) is 29.4. The average Bonchev–Trinajstić information content (AvgIpc) is 3.13. The maximum atomic E-state index is 14.5. The first-order chi connectivity index (χ1) is 24.4. The first-order valence-electron chi connectivity index (χ1n) is 16.3. The minimum Gasteiger partial charge on any atom is -0.497 e. The van der Waals surface area contributed by atoms with Crippen molar-refractivity contribution in [1.29, 1.82) is 0 Å². The number of halogens is 4. The summed E-state index contributed by atoms with van der Waals surface area (Å²) >= 11 is 27.1. The van der Waals surface area contributed by atoms with Crippen LogP contribution >= 0.6 is 54.7 Å². The van der Waals surface area contributed by atoms with Crippen LogP contribution in [0.3, 0.4) is 0 Å². The molecule has 270 valence electrons. The Kier molecular flexibility index (Phi) is 15.0. The summed E-state index contributed by atoms with van der Waals surface area (Å²) in [6.45, 7) is 15.6. The highest BCUT2D eigenvalue weighted by Gasteiger charge is 2.39. The summed E-state index contributed by atoms with van der Waals surface area (Å²) in [7, 11) is 1.74. The van der Waals surface area contributed by atoms with Crippen molar-refractivity contribution < 1.29 is 23.5 Å². The van der Waals surface area contributed by atoms with Crippen LogP contribution in [0.4, 0.5) is 0 Å². The van der Waals surface area contributed by atoms with Crippen LogP contribution in [-0.2, 0) is 21.5 Å². The van der Waals surface area contributed by atoms with E-state index in [0.29, 0.717) is 17.1 Å². The van der Waals surface area contributed by atoms with Gasteiger partial charge in [-0.2, -0.15) is 0 Å². The third kappa shape index (κ3) is 9.19. The van der Waals surface area contributed by atoms with Crippen LogP contribution in [0.15, 0.2) is 78.9 Å². The Hall–Kier alpha value is -2.89. The third-order valence-electron chi connectivity index (χ3n) is 8.29. The maximum absolute atomic E-state index is 14.5. The van der Waals surface area contributed by atoms with Crippen molar-refractivity contribution in [3.05, 3.63) is 138 Å². The van der Waals surface area contributed by atoms with Crippen LogP contribution in [0.2, 0.25) is 20.1 Å². The Morgan fingerprint density at radius 3 is 1.73 bits per heavy atom. The van der Waals surface area contributed by atoms with E-state index in [1.165, 1.54) is 0 Å². The van der Waals surface area contributed by atoms with E-state index >= 15 is 0 Å². The fraction of sp³-hybridized carbons (Fsp3) is 0.333. The number of nitrogens with zero attached hydrogens (tertiary/aromatic N) is 2. The molecule has 0 heterocycles. The fourth-order valence-corrected chi connectivity index (χ4v) is 9.22. The Morgan fingerprint density at radius 2 is 1.25 bits per heavy atom. The van der Waals surface area contributed by atoms with Gasteiger partial charge in [0.15, 0.2) is 5.78 Å². The zero-order chi connectivity index (χ0) is 37.3. The van der Waals surface area contributed by atoms with E-state index in [1.54, 1.807) is 14.2 Å². The molecule has 0 saturated carbocycles. The fourth-order valence-electron chi connectivity index (χ4n) is 6.06. The van der Waals surface area contributed by atoms with Crippen LogP contribution in [0.25, 0.3) is 4.85 Å². The van der Waals surface area contributed by atoms with E-state index in [2.05, 4.69) is 9.52 Å². The van der Waals surface area contributed by atoms with E-state index in [1.807, 2.05) is 107 Å². The van der Waals surface area contributed by atoms with Gasteiger partial charge in [0, 0.05) is 23.2 Å². The number of hydrogen-bond donors (Lipinski definition) is 0. The molecule has 51 heavy (non-hydrogen) atoms. The van der Waals surface area contributed by atoms with Gasteiger partial charge in [-0.1, -0.05) is 101 Å². The molecule has 4 aromatic rings. The second-order valence-corrected chi connectivity index (χ2v) is 15.4. The molecular formula is C39H41Cl4N2O5P. The number of Topliss-reactive ketones (excluding diaryl/α,β-unsaturated/α-hetero) is 1. The number of carbonyl (C=O) groups is 1. The third-order valence-corrected chi connectivity index (χ3v) is 12.6. The number of hydrogen-bond acceptors (Lipinski definition) is 6. The lowest BCUT2D eigenvalue weighted by molar-refractivity contribution is -0.0000336. The van der Waals surface area contributed by atoms with E-state index in [0.717, 1.165) is 16.7 Å². The maximum Gasteiger partial charge on any atom is 0.238 e. The molecular weight excluding hydrogens is 749 g/mol. The quantitative estimate of drug-likeness (QED) is 0.0202. The van der Waals surface area contributed by atoms with Gasteiger partial charge in [-0.15, -0.1) is 0 Å². The highest BCUT2D eigenvalue weighted by Crippen LogP contribution is 2.49. The van der Waals surface area contributed by atoms with Crippen molar-refractivity contribution in [3.63, 3.8) is 0 Å². The summed E-state index contributed by atoms with van der Waals surface area (Å²) in [6.07, 6.45) is -0.0223. The van der Waals surface area contributed by atoms with Crippen molar-refractivity contribution in [2.75, 3.05) is 33.5 Å². The Bertz CT molecular complexity index is 1760. The van der Waals surface area contributed by atoms with Crippen molar-refractivity contribution in [1.82, 2.24) is 4.67 Å². The number of carbonyl (C=O) groups excluding carboxylic acids is 1. The molecule has 0 N–H and O–H groups in total. The van der Waals surface area contributed by atoms with Crippen LogP contribution in [0.5, 0.6) is 11.5 Å². The lowest BCUT2D eigenvalue weighted by Crippen LogP contribution is -2.35. The molecule has 0 bridgehead atoms. The Morgan fingerprint density at radius 1 is 0.765 bits per heavy atom. The smallest absolute Gasteiger partial charge is 0.238 e. The second kappa shape index (κ2) is 18.7. The minimum atomic E-state index is -1.48. The molecule has 0 aliphatic rings. The first-order valence-corrected chi connectivity index (χ1v) is 19.2. The highest BCUT2D eigenvalue weighted by atomic mass is 35.5. The van der Waals surface area contributed by atoms with Gasteiger partial charge in [0.1, 0.15) is 32.0 Å². The molecule has 12 heteroatoms. The largest absolute Gasteiger partial charge is 0.497 e. The molecule has 4 rings (SSSR count). The molecule has 0 fully saturated rings. The lowest BCUT2D eigenvalue weighted by atomic mass is 9.80. The first kappa shape index (κ1) is 40.9. The summed E-state index contributed by atoms with van der Waals surface area (Å²) < 4.78 is 26.4. The van der Waals surface area contributed by atoms with E-state index < -0.39 is 13.9 Å². The van der Waals surface area contributed by atoms with Gasteiger partial charge in [-0.05, 0) is 68.7 Å². The number of ketones is 1. The standard InChI is InChI=1S/C39H41Cl4N2O5P/c1-25(2)45(26(3)4)51(50-22-21-44-5)24-33(46)34-32(35(40)37(42)38(43)36(34)41)23-49-39(27-11-9-8-10-12-27,28-13-17-30(47-6)18-14-28)29-15-19-31(48-7)20-16-29/h8-20,25-26H,21-24H2,1-4,6-7H3. The second-order valence-electron chi connectivity index (χ2n) is 12.1. The molecule has 0 radical (unpaired) electrons. The predicted molar refractivity (Wildman–Crippen MR) is 209 cm³/mol. The molecule has 0 saturated heterocycles. The molecule has 0 aromatic heterocycles. The molecule has 7 nitrogen and oxygen atoms in total. The Labute approximate surface area is 322 Å². The number of ether oxygens (including phenoxy) is 3. The van der Waals surface area contributed by atoms with E-state index in [9.17, 15) is 4.79 Å². The van der Waals surface area contributed by atoms with Gasteiger partial charge in [0.25, 0.3) is 0 Å². The molecule has 1 atom stereocenters. The number of methoxy groups -OCH3 is 2. The monoisotopic (exact) mass is 788 g/mol. The van der Waals surface area contributed by atoms with Crippen LogP contribution < -0.4 is 9.47 Å². The lowest BCUT2D eigenvalue weighted by Gasteiger charge is -2.37. The highest BCUT2D eigenvalue weighted by molar-refractivity contribution is 7.51. The molecule has 4 aromatic carbocycles. The summed E-state index contributed by atoms with van der Waals surface area (Å²) in [4.78, 5) is 17.9. The van der Waals surface area contributed by atoms with Gasteiger partial charge < -0.3 is 23.6 Å². The van der Waals surface area contributed by atoms with Crippen LogP contribution in [-0.4, -0.2) is 56.1 Å². The number of benzene rings is 4. The Balaban J connectivity index is 1.90. The summed E-state index contributed by atoms with van der Waals surface area (Å²) in [5, 5.41) is 0.0198. The predicted octanol–water partition coefficient (Wildman–Crippen LogP) is 11.4. The normalized spacial score (nSPS) is 12.3. The van der Waals surface area contributed by atoms with Gasteiger partial charge in [-0.3, -0.25) is 9.46 Å². The van der Waals surface area contributed by atoms with Gasteiger partial charge in [0.2, 0.25) is 6.54 Å². The molecule has 0 spiro atoms. The molecule has 0 aliphatic carbocycles. The summed E-state index contributed by atoms with van der Waals surface area (Å²) in [6, 6.07) is 25.1. The van der Waals surface area contributed by atoms with Crippen molar-refractivity contribution in [3.8, 4) is 11.5 Å². The van der Waals surface area contributed by atoms with Gasteiger partial charge in [-0.25, -0.2) is 6.57 Å². The summed E-state index contributed by atoms with van der Waals surface area (Å²) in [5.41, 5.74) is 1.57. The minimum absolute atomic E-state index is 0.0132. The SMILES string of the molecule is [C-]#[N+]CCOP(CC(=O)c1c(Cl)c(Cl)c(Cl)c(Cl)c1COC(c1ccccc1)(c1ccc(OC)cc1)c1ccc(OC)cc1)N(C(C)C)C(C)C.